The minimum atomic E-state index is -2.60. The third kappa shape index (κ3) is 5.43. The summed E-state index contributed by atoms with van der Waals surface area (Å²) < 4.78 is 22.0. The Kier molecular flexibility index (Phi) is 6.77. The Morgan fingerprint density at radius 1 is 1.06 bits per heavy atom. The molecule has 1 fully saturated rings. The molecule has 3 heterocycles. The van der Waals surface area contributed by atoms with Crippen molar-refractivity contribution in [2.45, 2.75) is 18.6 Å². The average Bonchev–Trinajstić information content (AvgIpc) is 3.37. The van der Waals surface area contributed by atoms with Gasteiger partial charge >= 0.3 is 0 Å². The van der Waals surface area contributed by atoms with Gasteiger partial charge in [-0.1, -0.05) is 30.3 Å². The fraction of sp³-hybridized carbons (Fsp3) is 0.222. The Balaban J connectivity index is 1.36. The molecule has 2 aromatic heterocycles. The highest BCUT2D eigenvalue weighted by Crippen LogP contribution is 2.33. The van der Waals surface area contributed by atoms with Gasteiger partial charge in [0.05, 0.1) is 22.8 Å². The van der Waals surface area contributed by atoms with Crippen LogP contribution in [0, 0.1) is 0 Å². The van der Waals surface area contributed by atoms with Crippen LogP contribution >= 0.6 is 0 Å². The van der Waals surface area contributed by atoms with E-state index in [1.165, 1.54) is 18.1 Å². The quantitative estimate of drug-likeness (QED) is 0.411. The zero-order valence-electron chi connectivity index (χ0n) is 20.0. The molecule has 5 rings (SSSR count). The number of fused-ring (bicyclic) bond motifs is 1. The molecule has 9 heteroatoms. The number of hydrogen-bond acceptors (Lipinski definition) is 7. The normalized spacial score (nSPS) is 17.7. The van der Waals surface area contributed by atoms with Crippen molar-refractivity contribution in [3.63, 3.8) is 0 Å². The molecular formula is C27H27N5O3S. The summed E-state index contributed by atoms with van der Waals surface area (Å²) in [6.07, 6.45) is 6.50. The Morgan fingerprint density at radius 2 is 1.81 bits per heavy atom. The molecule has 0 spiro atoms. The zero-order chi connectivity index (χ0) is 25.1. The van der Waals surface area contributed by atoms with Crippen LogP contribution in [-0.2, 0) is 16.3 Å². The fourth-order valence-electron chi connectivity index (χ4n) is 4.36. The lowest BCUT2D eigenvalue weighted by atomic mass is 9.89. The summed E-state index contributed by atoms with van der Waals surface area (Å²) in [5, 5.41) is 0.810. The minimum absolute atomic E-state index is 0.0816. The van der Waals surface area contributed by atoms with E-state index in [1.807, 2.05) is 73.1 Å². The van der Waals surface area contributed by atoms with Gasteiger partial charge in [-0.25, -0.2) is 14.6 Å². The number of benzene rings is 2. The summed E-state index contributed by atoms with van der Waals surface area (Å²) in [5.74, 6) is 0.385. The van der Waals surface area contributed by atoms with Crippen LogP contribution in [0.3, 0.4) is 0 Å². The van der Waals surface area contributed by atoms with Gasteiger partial charge in [-0.2, -0.15) is 4.36 Å². The summed E-state index contributed by atoms with van der Waals surface area (Å²) in [4.78, 5) is 21.6. The second-order valence-corrected chi connectivity index (χ2v) is 11.5. The molecule has 184 valence electrons. The molecule has 8 nitrogen and oxygen atoms in total. The van der Waals surface area contributed by atoms with Gasteiger partial charge in [0.15, 0.2) is 0 Å². The maximum atomic E-state index is 12.8. The molecule has 2 aromatic carbocycles. The van der Waals surface area contributed by atoms with Crippen molar-refractivity contribution in [2.75, 3.05) is 19.1 Å². The predicted octanol–water partition coefficient (Wildman–Crippen LogP) is 4.01. The SMILES string of the molecule is CS(C)(=O)=NC(=O)c1cc2ccccc2nc1COc1ccc(C2NNCC2c2ccncc2)cc1. The Labute approximate surface area is 210 Å². The number of hydrogen-bond donors (Lipinski definition) is 2. The molecule has 0 aliphatic carbocycles. The molecule has 0 saturated carbocycles. The van der Waals surface area contributed by atoms with Gasteiger partial charge in [-0.05, 0) is 47.5 Å². The van der Waals surface area contributed by atoms with Crippen molar-refractivity contribution in [3.8, 4) is 5.75 Å². The van der Waals surface area contributed by atoms with Crippen LogP contribution in [0.4, 0.5) is 0 Å². The van der Waals surface area contributed by atoms with Crippen molar-refractivity contribution < 1.29 is 13.7 Å². The summed E-state index contributed by atoms with van der Waals surface area (Å²) in [5.41, 5.74) is 10.5. The zero-order valence-corrected chi connectivity index (χ0v) is 20.9. The van der Waals surface area contributed by atoms with Crippen LogP contribution in [0.2, 0.25) is 0 Å². The molecule has 2 unspecified atom stereocenters. The predicted molar refractivity (Wildman–Crippen MR) is 140 cm³/mol. The Hall–Kier alpha value is -3.66. The van der Waals surface area contributed by atoms with E-state index < -0.39 is 15.6 Å². The fourth-order valence-corrected chi connectivity index (χ4v) is 4.85. The lowest BCUT2D eigenvalue weighted by Gasteiger charge is -2.19. The number of pyridine rings is 2. The molecule has 1 saturated heterocycles. The number of hydrazine groups is 1. The van der Waals surface area contributed by atoms with E-state index >= 15 is 0 Å². The van der Waals surface area contributed by atoms with Crippen LogP contribution in [0.5, 0.6) is 5.75 Å². The van der Waals surface area contributed by atoms with Crippen molar-refractivity contribution in [1.29, 1.82) is 0 Å². The van der Waals surface area contributed by atoms with E-state index in [1.54, 1.807) is 6.07 Å². The van der Waals surface area contributed by atoms with Crippen molar-refractivity contribution >= 4 is 26.5 Å². The molecule has 2 atom stereocenters. The summed E-state index contributed by atoms with van der Waals surface area (Å²) in [6.45, 7) is 0.905. The smallest absolute Gasteiger partial charge is 0.287 e. The first kappa shape index (κ1) is 24.1. The summed E-state index contributed by atoms with van der Waals surface area (Å²) in [6, 6.07) is 21.4. The van der Waals surface area contributed by atoms with Gasteiger partial charge in [0.2, 0.25) is 0 Å². The number of carbonyl (C=O) groups is 1. The maximum Gasteiger partial charge on any atom is 0.287 e. The number of amides is 1. The van der Waals surface area contributed by atoms with Crippen molar-refractivity contribution in [1.82, 2.24) is 20.8 Å². The van der Waals surface area contributed by atoms with Crippen LogP contribution in [0.15, 0.2) is 83.5 Å². The minimum Gasteiger partial charge on any atom is -0.487 e. The van der Waals surface area contributed by atoms with Gasteiger partial charge in [-0.3, -0.25) is 15.2 Å². The van der Waals surface area contributed by atoms with Crippen molar-refractivity contribution in [2.24, 2.45) is 4.36 Å². The lowest BCUT2D eigenvalue weighted by Crippen LogP contribution is -2.24. The van der Waals surface area contributed by atoms with Gasteiger partial charge in [0.1, 0.15) is 12.4 Å². The number of para-hydroxylation sites is 1. The first-order chi connectivity index (χ1) is 17.4. The highest BCUT2D eigenvalue weighted by molar-refractivity contribution is 7.92. The summed E-state index contributed by atoms with van der Waals surface area (Å²) in [7, 11) is -2.60. The number of nitrogens with zero attached hydrogens (tertiary/aromatic N) is 3. The molecule has 1 aliphatic rings. The van der Waals surface area contributed by atoms with Gasteiger partial charge < -0.3 is 4.74 Å². The van der Waals surface area contributed by atoms with Crippen LogP contribution < -0.4 is 15.6 Å². The van der Waals surface area contributed by atoms with E-state index in [2.05, 4.69) is 25.2 Å². The van der Waals surface area contributed by atoms with Crippen molar-refractivity contribution in [3.05, 3.63) is 102 Å². The Bertz CT molecular complexity index is 1510. The van der Waals surface area contributed by atoms with Crippen LogP contribution in [-0.4, -0.2) is 39.1 Å². The standard InChI is InChI=1S/C27H27N5O3S/c1-36(2,34)32-27(33)22-15-20-5-3-4-6-24(20)30-25(22)17-35-21-9-7-19(8-10-21)26-23(16-29-31-26)18-11-13-28-14-12-18/h3-15,23,26,29,31H,16-17H2,1-2H3. The molecule has 1 aliphatic heterocycles. The molecule has 36 heavy (non-hydrogen) atoms. The number of aromatic nitrogens is 2. The molecule has 2 N–H and O–H groups in total. The number of nitrogens with one attached hydrogen (secondary N) is 2. The molecule has 0 bridgehead atoms. The Morgan fingerprint density at radius 3 is 2.56 bits per heavy atom. The van der Waals surface area contributed by atoms with Crippen LogP contribution in [0.1, 0.15) is 39.1 Å². The first-order valence-electron chi connectivity index (χ1n) is 11.6. The maximum absolute atomic E-state index is 12.8. The second-order valence-electron chi connectivity index (χ2n) is 9.00. The molecule has 1 amide bonds. The topological polar surface area (TPSA) is 106 Å². The largest absolute Gasteiger partial charge is 0.487 e. The number of ether oxygens (including phenoxy) is 1. The van der Waals surface area contributed by atoms with E-state index in [9.17, 15) is 9.00 Å². The molecular weight excluding hydrogens is 474 g/mol. The summed E-state index contributed by atoms with van der Waals surface area (Å²) >= 11 is 0. The second kappa shape index (κ2) is 10.1. The number of rotatable bonds is 6. The third-order valence-electron chi connectivity index (χ3n) is 6.07. The van der Waals surface area contributed by atoms with Crippen LogP contribution in [0.25, 0.3) is 10.9 Å². The highest BCUT2D eigenvalue weighted by Gasteiger charge is 2.29. The third-order valence-corrected chi connectivity index (χ3v) is 6.67. The lowest BCUT2D eigenvalue weighted by molar-refractivity contribution is 0.100. The van der Waals surface area contributed by atoms with E-state index in [0.29, 0.717) is 17.0 Å². The first-order valence-corrected chi connectivity index (χ1v) is 13.9. The molecule has 4 aromatic rings. The monoisotopic (exact) mass is 501 g/mol. The van der Waals surface area contributed by atoms with Gasteiger partial charge in [-0.15, -0.1) is 0 Å². The van der Waals surface area contributed by atoms with E-state index in [-0.39, 0.29) is 18.6 Å². The highest BCUT2D eigenvalue weighted by atomic mass is 32.2. The van der Waals surface area contributed by atoms with E-state index in [4.69, 9.17) is 4.74 Å². The van der Waals surface area contributed by atoms with Gasteiger partial charge in [0, 0.05) is 52.5 Å². The number of carbonyl (C=O) groups excluding carboxylic acids is 1. The molecule has 0 radical (unpaired) electrons. The van der Waals surface area contributed by atoms with Gasteiger partial charge in [0.25, 0.3) is 5.91 Å². The average molecular weight is 502 g/mol. The van der Waals surface area contributed by atoms with E-state index in [0.717, 1.165) is 23.0 Å².